The van der Waals surface area contributed by atoms with E-state index in [0.717, 1.165) is 13.1 Å². The number of rotatable bonds is 6. The van der Waals surface area contributed by atoms with Crippen LogP contribution in [0.15, 0.2) is 24.3 Å². The molecule has 0 unspecified atom stereocenters. The van der Waals surface area contributed by atoms with Crippen molar-refractivity contribution >= 4 is 11.7 Å². The van der Waals surface area contributed by atoms with E-state index in [1.165, 1.54) is 0 Å². The highest BCUT2D eigenvalue weighted by Crippen LogP contribution is 2.20. The summed E-state index contributed by atoms with van der Waals surface area (Å²) in [5, 5.41) is 12.3. The van der Waals surface area contributed by atoms with Gasteiger partial charge in [-0.05, 0) is 31.6 Å². The molecule has 4 nitrogen and oxygen atoms in total. The quantitative estimate of drug-likeness (QED) is 0.814. The third kappa shape index (κ3) is 4.37. The number of benzene rings is 1. The Labute approximate surface area is 109 Å². The van der Waals surface area contributed by atoms with Crippen molar-refractivity contribution in [3.8, 4) is 0 Å². The number of nitrogens with one attached hydrogen (secondary N) is 1. The van der Waals surface area contributed by atoms with Crippen LogP contribution >= 0.6 is 0 Å². The van der Waals surface area contributed by atoms with Crippen LogP contribution in [0.3, 0.4) is 0 Å². The van der Waals surface area contributed by atoms with Crippen LogP contribution < -0.4 is 5.32 Å². The first-order valence-corrected chi connectivity index (χ1v) is 6.03. The third-order valence-electron chi connectivity index (χ3n) is 2.66. The Hall–Kier alpha value is -1.55. The maximum absolute atomic E-state index is 11.1. The van der Waals surface area contributed by atoms with Gasteiger partial charge in [0.2, 0.25) is 0 Å². The molecule has 0 bridgehead atoms. The van der Waals surface area contributed by atoms with Gasteiger partial charge in [0.1, 0.15) is 0 Å². The maximum Gasteiger partial charge on any atom is 0.337 e. The van der Waals surface area contributed by atoms with Crippen LogP contribution in [0.25, 0.3) is 0 Å². The topological polar surface area (TPSA) is 52.6 Å². The summed E-state index contributed by atoms with van der Waals surface area (Å²) >= 11 is 0. The molecule has 0 aliphatic heterocycles. The molecule has 0 amide bonds. The summed E-state index contributed by atoms with van der Waals surface area (Å²) in [5.41, 5.74) is 1.07. The van der Waals surface area contributed by atoms with E-state index in [-0.39, 0.29) is 5.41 Å². The molecule has 0 aliphatic rings. The Morgan fingerprint density at radius 1 is 1.33 bits per heavy atom. The SMILES string of the molecule is CN(C)CC(C)(C)CNc1ccccc1C(=O)O. The van der Waals surface area contributed by atoms with Gasteiger partial charge in [-0.25, -0.2) is 4.79 Å². The van der Waals surface area contributed by atoms with Crippen LogP contribution in [-0.4, -0.2) is 43.2 Å². The summed E-state index contributed by atoms with van der Waals surface area (Å²) in [5.74, 6) is -0.900. The van der Waals surface area contributed by atoms with Crippen molar-refractivity contribution < 1.29 is 9.90 Å². The average Bonchev–Trinajstić information content (AvgIpc) is 2.25. The zero-order valence-electron chi connectivity index (χ0n) is 11.5. The van der Waals surface area contributed by atoms with E-state index in [1.807, 2.05) is 20.2 Å². The number of hydrogen-bond acceptors (Lipinski definition) is 3. The van der Waals surface area contributed by atoms with E-state index in [1.54, 1.807) is 18.2 Å². The number of hydrogen-bond donors (Lipinski definition) is 2. The fraction of sp³-hybridized carbons (Fsp3) is 0.500. The van der Waals surface area contributed by atoms with Crippen LogP contribution in [-0.2, 0) is 0 Å². The number of carboxylic acid groups (broad SMARTS) is 1. The highest BCUT2D eigenvalue weighted by molar-refractivity contribution is 5.94. The van der Waals surface area contributed by atoms with Gasteiger partial charge in [0, 0.05) is 18.8 Å². The van der Waals surface area contributed by atoms with E-state index in [0.29, 0.717) is 11.3 Å². The Morgan fingerprint density at radius 2 is 1.94 bits per heavy atom. The van der Waals surface area contributed by atoms with Gasteiger partial charge in [0.05, 0.1) is 5.56 Å². The maximum atomic E-state index is 11.1. The van der Waals surface area contributed by atoms with E-state index in [2.05, 4.69) is 24.1 Å². The van der Waals surface area contributed by atoms with Crippen molar-refractivity contribution in [1.29, 1.82) is 0 Å². The van der Waals surface area contributed by atoms with Gasteiger partial charge in [-0.3, -0.25) is 0 Å². The normalized spacial score (nSPS) is 11.6. The Balaban J connectivity index is 2.71. The lowest BCUT2D eigenvalue weighted by Gasteiger charge is -2.29. The molecule has 1 aromatic carbocycles. The second-order valence-electron chi connectivity index (χ2n) is 5.61. The number of carbonyl (C=O) groups is 1. The molecule has 2 N–H and O–H groups in total. The van der Waals surface area contributed by atoms with Crippen LogP contribution in [0, 0.1) is 5.41 Å². The van der Waals surface area contributed by atoms with Crippen LogP contribution in [0.2, 0.25) is 0 Å². The van der Waals surface area contributed by atoms with E-state index in [9.17, 15) is 4.79 Å². The highest BCUT2D eigenvalue weighted by Gasteiger charge is 2.19. The number of para-hydroxylation sites is 1. The summed E-state index contributed by atoms with van der Waals surface area (Å²) in [6.07, 6.45) is 0. The lowest BCUT2D eigenvalue weighted by Crippen LogP contribution is -2.34. The van der Waals surface area contributed by atoms with Crippen LogP contribution in [0.1, 0.15) is 24.2 Å². The minimum absolute atomic E-state index is 0.0785. The molecule has 18 heavy (non-hydrogen) atoms. The fourth-order valence-corrected chi connectivity index (χ4v) is 2.07. The standard InChI is InChI=1S/C14H22N2O2/c1-14(2,10-16(3)4)9-15-12-8-6-5-7-11(12)13(17)18/h5-8,15H,9-10H2,1-4H3,(H,17,18). The molecule has 0 radical (unpaired) electrons. The highest BCUT2D eigenvalue weighted by atomic mass is 16.4. The van der Waals surface area contributed by atoms with Gasteiger partial charge in [0.25, 0.3) is 0 Å². The van der Waals surface area contributed by atoms with Crippen molar-refractivity contribution in [3.05, 3.63) is 29.8 Å². The molecule has 1 rings (SSSR count). The molecule has 0 saturated heterocycles. The second kappa shape index (κ2) is 5.87. The first kappa shape index (κ1) is 14.5. The summed E-state index contributed by atoms with van der Waals surface area (Å²) in [4.78, 5) is 13.2. The number of aromatic carboxylic acids is 1. The van der Waals surface area contributed by atoms with Crippen molar-refractivity contribution in [2.75, 3.05) is 32.5 Å². The van der Waals surface area contributed by atoms with Gasteiger partial charge in [0.15, 0.2) is 0 Å². The van der Waals surface area contributed by atoms with Gasteiger partial charge in [-0.15, -0.1) is 0 Å². The molecular weight excluding hydrogens is 228 g/mol. The monoisotopic (exact) mass is 250 g/mol. The van der Waals surface area contributed by atoms with E-state index in [4.69, 9.17) is 5.11 Å². The zero-order chi connectivity index (χ0) is 13.8. The van der Waals surface area contributed by atoms with Crippen LogP contribution in [0.4, 0.5) is 5.69 Å². The van der Waals surface area contributed by atoms with Crippen LogP contribution in [0.5, 0.6) is 0 Å². The minimum atomic E-state index is -0.900. The van der Waals surface area contributed by atoms with Crippen molar-refractivity contribution in [3.63, 3.8) is 0 Å². The molecule has 0 fully saturated rings. The van der Waals surface area contributed by atoms with Gasteiger partial charge in [-0.1, -0.05) is 26.0 Å². The molecule has 4 heteroatoms. The number of nitrogens with zero attached hydrogens (tertiary/aromatic N) is 1. The third-order valence-corrected chi connectivity index (χ3v) is 2.66. The molecule has 0 atom stereocenters. The molecular formula is C14H22N2O2. The second-order valence-corrected chi connectivity index (χ2v) is 5.61. The Kier molecular flexibility index (Phi) is 4.73. The van der Waals surface area contributed by atoms with Gasteiger partial charge < -0.3 is 15.3 Å². The lowest BCUT2D eigenvalue weighted by atomic mass is 9.92. The zero-order valence-corrected chi connectivity index (χ0v) is 11.5. The molecule has 1 aromatic rings. The predicted molar refractivity (Wildman–Crippen MR) is 74.2 cm³/mol. The van der Waals surface area contributed by atoms with Gasteiger partial charge in [-0.2, -0.15) is 0 Å². The Morgan fingerprint density at radius 3 is 2.50 bits per heavy atom. The number of carboxylic acids is 1. The molecule has 0 heterocycles. The first-order chi connectivity index (χ1) is 8.32. The molecule has 0 spiro atoms. The Bertz CT molecular complexity index is 414. The van der Waals surface area contributed by atoms with Crippen molar-refractivity contribution in [2.24, 2.45) is 5.41 Å². The van der Waals surface area contributed by atoms with Crippen molar-refractivity contribution in [2.45, 2.75) is 13.8 Å². The lowest BCUT2D eigenvalue weighted by molar-refractivity contribution is 0.0698. The summed E-state index contributed by atoms with van der Waals surface area (Å²) in [7, 11) is 4.07. The molecule has 0 saturated carbocycles. The predicted octanol–water partition coefficient (Wildman–Crippen LogP) is 2.38. The summed E-state index contributed by atoms with van der Waals surface area (Å²) < 4.78 is 0. The van der Waals surface area contributed by atoms with E-state index >= 15 is 0 Å². The molecule has 0 aromatic heterocycles. The summed E-state index contributed by atoms with van der Waals surface area (Å²) in [6, 6.07) is 6.99. The van der Waals surface area contributed by atoms with E-state index < -0.39 is 5.97 Å². The molecule has 0 aliphatic carbocycles. The smallest absolute Gasteiger partial charge is 0.337 e. The summed E-state index contributed by atoms with van der Waals surface area (Å²) in [6.45, 7) is 5.98. The van der Waals surface area contributed by atoms with Gasteiger partial charge >= 0.3 is 5.97 Å². The largest absolute Gasteiger partial charge is 0.478 e. The minimum Gasteiger partial charge on any atom is -0.478 e. The average molecular weight is 250 g/mol. The van der Waals surface area contributed by atoms with Crippen molar-refractivity contribution in [1.82, 2.24) is 4.90 Å². The fourth-order valence-electron chi connectivity index (χ4n) is 2.07. The molecule has 100 valence electrons. The first-order valence-electron chi connectivity index (χ1n) is 6.03. The number of anilines is 1.